The minimum Gasteiger partial charge on any atom is -0.352 e. The van der Waals surface area contributed by atoms with Gasteiger partial charge in [-0.1, -0.05) is 50.1 Å². The third-order valence-corrected chi connectivity index (χ3v) is 3.60. The van der Waals surface area contributed by atoms with Crippen molar-refractivity contribution in [2.24, 2.45) is 11.7 Å². The molecule has 1 aromatic carbocycles. The Balaban J connectivity index is 1.89. The van der Waals surface area contributed by atoms with Crippen molar-refractivity contribution in [3.8, 4) is 0 Å². The predicted octanol–water partition coefficient (Wildman–Crippen LogP) is 2.38. The number of benzene rings is 1. The summed E-state index contributed by atoms with van der Waals surface area (Å²) in [4.78, 5) is 12.1. The van der Waals surface area contributed by atoms with E-state index in [0.717, 1.165) is 24.3 Å². The van der Waals surface area contributed by atoms with Crippen molar-refractivity contribution in [3.05, 3.63) is 35.9 Å². The molecule has 0 spiro atoms. The van der Waals surface area contributed by atoms with Crippen molar-refractivity contribution in [3.63, 3.8) is 0 Å². The summed E-state index contributed by atoms with van der Waals surface area (Å²) in [5.41, 5.74) is 6.85. The molecule has 2 atom stereocenters. The van der Waals surface area contributed by atoms with Gasteiger partial charge in [0, 0.05) is 6.04 Å². The summed E-state index contributed by atoms with van der Waals surface area (Å²) in [7, 11) is 0. The number of rotatable bonds is 6. The first-order chi connectivity index (χ1) is 8.70. The molecule has 0 saturated heterocycles. The summed E-state index contributed by atoms with van der Waals surface area (Å²) >= 11 is 0. The summed E-state index contributed by atoms with van der Waals surface area (Å²) in [6.45, 7) is 2.11. The van der Waals surface area contributed by atoms with E-state index < -0.39 is 6.04 Å². The van der Waals surface area contributed by atoms with E-state index >= 15 is 0 Å². The van der Waals surface area contributed by atoms with Crippen LogP contribution in [0.1, 0.15) is 44.2 Å². The topological polar surface area (TPSA) is 55.1 Å². The van der Waals surface area contributed by atoms with Gasteiger partial charge in [0.15, 0.2) is 0 Å². The first kappa shape index (κ1) is 13.1. The van der Waals surface area contributed by atoms with Crippen molar-refractivity contribution in [1.29, 1.82) is 0 Å². The number of nitrogens with one attached hydrogen (secondary N) is 1. The largest absolute Gasteiger partial charge is 0.352 e. The molecule has 3 nitrogen and oxygen atoms in total. The summed E-state index contributed by atoms with van der Waals surface area (Å²) in [5, 5.41) is 3.07. The number of nitrogens with two attached hydrogens (primary N) is 1. The van der Waals surface area contributed by atoms with Crippen molar-refractivity contribution < 1.29 is 4.79 Å². The molecule has 1 aromatic rings. The van der Waals surface area contributed by atoms with Crippen LogP contribution < -0.4 is 11.1 Å². The Hall–Kier alpha value is -1.35. The van der Waals surface area contributed by atoms with Crippen LogP contribution in [0.4, 0.5) is 0 Å². The summed E-state index contributed by atoms with van der Waals surface area (Å²) in [6.07, 6.45) is 4.71. The van der Waals surface area contributed by atoms with E-state index in [2.05, 4.69) is 12.2 Å². The fraction of sp³-hybridized carbons (Fsp3) is 0.533. The molecule has 0 aliphatic heterocycles. The van der Waals surface area contributed by atoms with Gasteiger partial charge in [0.05, 0.1) is 0 Å². The number of carbonyl (C=O) groups is 1. The molecular formula is C15H22N2O. The maximum atomic E-state index is 12.1. The highest BCUT2D eigenvalue weighted by Gasteiger charge is 2.26. The first-order valence-corrected chi connectivity index (χ1v) is 6.81. The van der Waals surface area contributed by atoms with Crippen molar-refractivity contribution >= 4 is 5.91 Å². The van der Waals surface area contributed by atoms with Crippen LogP contribution >= 0.6 is 0 Å². The Kier molecular flexibility index (Phi) is 4.37. The normalized spacial score (nSPS) is 18.1. The van der Waals surface area contributed by atoms with Crippen molar-refractivity contribution in [2.75, 3.05) is 0 Å². The fourth-order valence-corrected chi connectivity index (χ4v) is 2.19. The molecule has 3 N–H and O–H groups in total. The molecular weight excluding hydrogens is 224 g/mol. The molecule has 2 rings (SSSR count). The van der Waals surface area contributed by atoms with Gasteiger partial charge in [-0.25, -0.2) is 0 Å². The van der Waals surface area contributed by atoms with Gasteiger partial charge < -0.3 is 11.1 Å². The van der Waals surface area contributed by atoms with E-state index in [1.54, 1.807) is 0 Å². The maximum Gasteiger partial charge on any atom is 0.241 e. The molecule has 1 amide bonds. The van der Waals surface area contributed by atoms with Crippen LogP contribution in [-0.4, -0.2) is 11.9 Å². The van der Waals surface area contributed by atoms with Gasteiger partial charge in [-0.05, 0) is 24.3 Å². The lowest BCUT2D eigenvalue weighted by molar-refractivity contribution is -0.123. The molecule has 1 fully saturated rings. The second-order valence-electron chi connectivity index (χ2n) is 5.18. The van der Waals surface area contributed by atoms with Crippen molar-refractivity contribution in [1.82, 2.24) is 5.32 Å². The minimum atomic E-state index is -0.556. The molecule has 1 aliphatic carbocycles. The molecule has 0 radical (unpaired) electrons. The summed E-state index contributed by atoms with van der Waals surface area (Å²) in [5.74, 6) is 0.761. The Morgan fingerprint density at radius 3 is 2.61 bits per heavy atom. The van der Waals surface area contributed by atoms with E-state index in [0.29, 0.717) is 0 Å². The van der Waals surface area contributed by atoms with E-state index in [-0.39, 0.29) is 11.9 Å². The maximum absolute atomic E-state index is 12.1. The molecule has 98 valence electrons. The van der Waals surface area contributed by atoms with Crippen LogP contribution in [0.25, 0.3) is 0 Å². The Morgan fingerprint density at radius 1 is 1.39 bits per heavy atom. The van der Waals surface area contributed by atoms with Gasteiger partial charge in [0.1, 0.15) is 6.04 Å². The third-order valence-electron chi connectivity index (χ3n) is 3.60. The van der Waals surface area contributed by atoms with Crippen LogP contribution in [0.5, 0.6) is 0 Å². The molecule has 18 heavy (non-hydrogen) atoms. The highest BCUT2D eigenvalue weighted by Crippen LogP contribution is 2.34. The van der Waals surface area contributed by atoms with Crippen LogP contribution in [0, 0.1) is 5.92 Å². The molecule has 3 heteroatoms. The van der Waals surface area contributed by atoms with E-state index in [1.807, 2.05) is 30.3 Å². The second-order valence-corrected chi connectivity index (χ2v) is 5.18. The van der Waals surface area contributed by atoms with Gasteiger partial charge in [-0.2, -0.15) is 0 Å². The Morgan fingerprint density at radius 2 is 2.06 bits per heavy atom. The quantitative estimate of drug-likeness (QED) is 0.809. The van der Waals surface area contributed by atoms with Crippen LogP contribution in [0.3, 0.4) is 0 Å². The second kappa shape index (κ2) is 6.01. The Bertz CT molecular complexity index is 387. The highest BCUT2D eigenvalue weighted by atomic mass is 16.2. The third kappa shape index (κ3) is 3.57. The van der Waals surface area contributed by atoms with Crippen LogP contribution in [0.2, 0.25) is 0 Å². The smallest absolute Gasteiger partial charge is 0.241 e. The van der Waals surface area contributed by atoms with Gasteiger partial charge in [0.25, 0.3) is 0 Å². The zero-order valence-electron chi connectivity index (χ0n) is 10.9. The van der Waals surface area contributed by atoms with E-state index in [4.69, 9.17) is 5.73 Å². The van der Waals surface area contributed by atoms with E-state index in [1.165, 1.54) is 12.8 Å². The van der Waals surface area contributed by atoms with E-state index in [9.17, 15) is 4.79 Å². The van der Waals surface area contributed by atoms with Gasteiger partial charge in [0.2, 0.25) is 5.91 Å². The van der Waals surface area contributed by atoms with Gasteiger partial charge >= 0.3 is 0 Å². The fourth-order valence-electron chi connectivity index (χ4n) is 2.19. The standard InChI is InChI=1S/C15H22N2O/c1-2-13(10-11-8-9-11)17-15(18)14(16)12-6-4-3-5-7-12/h3-7,11,13-14H,2,8-10,16H2,1H3,(H,17,18). The first-order valence-electron chi connectivity index (χ1n) is 6.81. The van der Waals surface area contributed by atoms with Gasteiger partial charge in [-0.15, -0.1) is 0 Å². The lowest BCUT2D eigenvalue weighted by Crippen LogP contribution is -2.40. The zero-order valence-corrected chi connectivity index (χ0v) is 10.9. The SMILES string of the molecule is CCC(CC1CC1)NC(=O)C(N)c1ccccc1. The Labute approximate surface area is 109 Å². The number of amides is 1. The zero-order chi connectivity index (χ0) is 13.0. The number of carbonyl (C=O) groups excluding carboxylic acids is 1. The number of hydrogen-bond acceptors (Lipinski definition) is 2. The molecule has 1 saturated carbocycles. The predicted molar refractivity (Wildman–Crippen MR) is 72.9 cm³/mol. The monoisotopic (exact) mass is 246 g/mol. The average Bonchev–Trinajstić information content (AvgIpc) is 3.22. The van der Waals surface area contributed by atoms with Crippen LogP contribution in [0.15, 0.2) is 30.3 Å². The van der Waals surface area contributed by atoms with Crippen LogP contribution in [-0.2, 0) is 4.79 Å². The molecule has 1 aliphatic rings. The minimum absolute atomic E-state index is 0.0614. The molecule has 0 bridgehead atoms. The molecule has 0 heterocycles. The summed E-state index contributed by atoms with van der Waals surface area (Å²) in [6, 6.07) is 9.25. The highest BCUT2D eigenvalue weighted by molar-refractivity contribution is 5.83. The molecule has 0 aromatic heterocycles. The van der Waals surface area contributed by atoms with Gasteiger partial charge in [-0.3, -0.25) is 4.79 Å². The average molecular weight is 246 g/mol. The summed E-state index contributed by atoms with van der Waals surface area (Å²) < 4.78 is 0. The lowest BCUT2D eigenvalue weighted by Gasteiger charge is -2.19. The molecule has 2 unspecified atom stereocenters. The lowest BCUT2D eigenvalue weighted by atomic mass is 10.0. The number of hydrogen-bond donors (Lipinski definition) is 2. The van der Waals surface area contributed by atoms with Crippen molar-refractivity contribution in [2.45, 2.75) is 44.7 Å².